The second-order valence-corrected chi connectivity index (χ2v) is 7.25. The van der Waals surface area contributed by atoms with Gasteiger partial charge in [0, 0.05) is 47.9 Å². The summed E-state index contributed by atoms with van der Waals surface area (Å²) in [5.74, 6) is 1.89. The van der Waals surface area contributed by atoms with Crippen LogP contribution in [0.3, 0.4) is 0 Å². The summed E-state index contributed by atoms with van der Waals surface area (Å²) in [6.07, 6.45) is 1.23. The van der Waals surface area contributed by atoms with Crippen LogP contribution >= 0.6 is 0 Å². The summed E-state index contributed by atoms with van der Waals surface area (Å²) in [5, 5.41) is 19.9. The van der Waals surface area contributed by atoms with Crippen LogP contribution in [-0.2, 0) is 4.74 Å². The van der Waals surface area contributed by atoms with Crippen LogP contribution in [0, 0.1) is 5.41 Å². The monoisotopic (exact) mass is 434 g/mol. The van der Waals surface area contributed by atoms with E-state index >= 15 is 0 Å². The number of hydrogen-bond donors (Lipinski definition) is 4. The SMILES string of the molecule is N=Cc1cc(Nc2cc(-c3cccc(OCCO)c3)nc(N3CCOCC3)n2)ccc1N. The van der Waals surface area contributed by atoms with Crippen LogP contribution in [-0.4, -0.2) is 60.8 Å². The van der Waals surface area contributed by atoms with E-state index in [1.807, 2.05) is 42.5 Å². The molecule has 0 bridgehead atoms. The highest BCUT2D eigenvalue weighted by atomic mass is 16.5. The second kappa shape index (κ2) is 10.1. The number of aliphatic hydroxyl groups excluding tert-OH is 1. The number of rotatable bonds is 8. The topological polar surface area (TPSA) is 130 Å². The summed E-state index contributed by atoms with van der Waals surface area (Å²) >= 11 is 0. The van der Waals surface area contributed by atoms with E-state index in [1.54, 1.807) is 6.07 Å². The highest BCUT2D eigenvalue weighted by Gasteiger charge is 2.17. The number of hydrogen-bond acceptors (Lipinski definition) is 9. The molecule has 32 heavy (non-hydrogen) atoms. The second-order valence-electron chi connectivity index (χ2n) is 7.25. The Labute approximate surface area is 186 Å². The van der Waals surface area contributed by atoms with E-state index in [0.29, 0.717) is 55.1 Å². The Kier molecular flexibility index (Phi) is 6.78. The molecule has 5 N–H and O–H groups in total. The van der Waals surface area contributed by atoms with Gasteiger partial charge in [0.25, 0.3) is 0 Å². The number of nitrogens with zero attached hydrogens (tertiary/aromatic N) is 3. The average molecular weight is 435 g/mol. The molecular formula is C23H26N6O3. The van der Waals surface area contributed by atoms with Crippen LogP contribution in [0.5, 0.6) is 5.75 Å². The summed E-state index contributed by atoms with van der Waals surface area (Å²) in [6, 6.07) is 14.9. The van der Waals surface area contributed by atoms with Gasteiger partial charge in [0.1, 0.15) is 18.2 Å². The number of aromatic nitrogens is 2. The van der Waals surface area contributed by atoms with Crippen molar-refractivity contribution in [1.29, 1.82) is 5.41 Å². The third-order valence-electron chi connectivity index (χ3n) is 5.01. The Balaban J connectivity index is 1.70. The van der Waals surface area contributed by atoms with Gasteiger partial charge in [0.05, 0.1) is 25.5 Å². The van der Waals surface area contributed by atoms with Crippen LogP contribution in [0.2, 0.25) is 0 Å². The van der Waals surface area contributed by atoms with E-state index in [2.05, 4.69) is 10.2 Å². The number of aliphatic hydroxyl groups is 1. The molecule has 1 saturated heterocycles. The van der Waals surface area contributed by atoms with Gasteiger partial charge >= 0.3 is 0 Å². The van der Waals surface area contributed by atoms with Crippen molar-refractivity contribution in [2.75, 3.05) is 55.5 Å². The molecule has 9 nitrogen and oxygen atoms in total. The van der Waals surface area contributed by atoms with E-state index in [1.165, 1.54) is 6.21 Å². The normalized spacial score (nSPS) is 13.6. The molecule has 9 heteroatoms. The van der Waals surface area contributed by atoms with Gasteiger partial charge in [-0.2, -0.15) is 4.98 Å². The third kappa shape index (κ3) is 5.13. The summed E-state index contributed by atoms with van der Waals surface area (Å²) < 4.78 is 11.0. The summed E-state index contributed by atoms with van der Waals surface area (Å²) in [7, 11) is 0. The minimum Gasteiger partial charge on any atom is -0.491 e. The molecule has 0 aliphatic carbocycles. The quantitative estimate of drug-likeness (QED) is 0.315. The van der Waals surface area contributed by atoms with E-state index in [9.17, 15) is 0 Å². The lowest BCUT2D eigenvalue weighted by Crippen LogP contribution is -2.37. The van der Waals surface area contributed by atoms with Crippen molar-refractivity contribution in [1.82, 2.24) is 9.97 Å². The van der Waals surface area contributed by atoms with Crippen molar-refractivity contribution in [2.45, 2.75) is 0 Å². The lowest BCUT2D eigenvalue weighted by atomic mass is 10.1. The standard InChI is InChI=1S/C23H26N6O3/c24-15-17-12-18(4-5-20(17)25)26-22-14-21(16-2-1-3-19(13-16)32-11-8-30)27-23(28-22)29-6-9-31-10-7-29/h1-5,12-15,24,30H,6-11,25H2,(H,26,27,28). The molecule has 0 spiro atoms. The van der Waals surface area contributed by atoms with Crippen LogP contribution in [0.25, 0.3) is 11.3 Å². The highest BCUT2D eigenvalue weighted by Crippen LogP contribution is 2.28. The Morgan fingerprint density at radius 1 is 1.16 bits per heavy atom. The summed E-state index contributed by atoms with van der Waals surface area (Å²) in [4.78, 5) is 11.6. The maximum absolute atomic E-state index is 9.03. The molecule has 1 aliphatic heterocycles. The number of nitrogens with one attached hydrogen (secondary N) is 2. The van der Waals surface area contributed by atoms with Crippen molar-refractivity contribution < 1.29 is 14.6 Å². The van der Waals surface area contributed by atoms with Crippen LogP contribution in [0.4, 0.5) is 23.1 Å². The first-order valence-corrected chi connectivity index (χ1v) is 10.4. The number of benzene rings is 2. The fourth-order valence-corrected chi connectivity index (χ4v) is 3.39. The zero-order chi connectivity index (χ0) is 22.3. The summed E-state index contributed by atoms with van der Waals surface area (Å²) in [5.41, 5.74) is 9.47. The molecule has 0 saturated carbocycles. The van der Waals surface area contributed by atoms with Gasteiger partial charge in [-0.1, -0.05) is 12.1 Å². The van der Waals surface area contributed by atoms with E-state index in [-0.39, 0.29) is 13.2 Å². The first-order valence-electron chi connectivity index (χ1n) is 10.4. The number of morpholine rings is 1. The maximum Gasteiger partial charge on any atom is 0.228 e. The van der Waals surface area contributed by atoms with Crippen molar-refractivity contribution in [3.05, 3.63) is 54.1 Å². The lowest BCUT2D eigenvalue weighted by molar-refractivity contribution is 0.122. The molecule has 166 valence electrons. The molecule has 0 atom stereocenters. The Morgan fingerprint density at radius 3 is 2.78 bits per heavy atom. The van der Waals surface area contributed by atoms with E-state index in [4.69, 9.17) is 35.7 Å². The minimum absolute atomic E-state index is 0.0493. The van der Waals surface area contributed by atoms with Gasteiger partial charge in [-0.3, -0.25) is 0 Å². The molecule has 2 aromatic carbocycles. The maximum atomic E-state index is 9.03. The minimum atomic E-state index is -0.0493. The zero-order valence-electron chi connectivity index (χ0n) is 17.6. The van der Waals surface area contributed by atoms with E-state index < -0.39 is 0 Å². The fraction of sp³-hybridized carbons (Fsp3) is 0.261. The van der Waals surface area contributed by atoms with Gasteiger partial charge < -0.3 is 35.9 Å². The van der Waals surface area contributed by atoms with Crippen LogP contribution < -0.4 is 20.7 Å². The Hall–Kier alpha value is -3.69. The van der Waals surface area contributed by atoms with Gasteiger partial charge in [-0.15, -0.1) is 0 Å². The van der Waals surface area contributed by atoms with Gasteiger partial charge in [-0.05, 0) is 30.3 Å². The molecule has 3 aromatic rings. The largest absolute Gasteiger partial charge is 0.491 e. The number of nitrogens with two attached hydrogens (primary N) is 1. The van der Waals surface area contributed by atoms with E-state index in [0.717, 1.165) is 16.9 Å². The molecule has 0 amide bonds. The predicted molar refractivity (Wildman–Crippen MR) is 125 cm³/mol. The van der Waals surface area contributed by atoms with Gasteiger partial charge in [-0.25, -0.2) is 4.98 Å². The highest BCUT2D eigenvalue weighted by molar-refractivity contribution is 5.87. The Morgan fingerprint density at radius 2 is 2.00 bits per heavy atom. The van der Waals surface area contributed by atoms with Crippen molar-refractivity contribution >= 4 is 29.4 Å². The predicted octanol–water partition coefficient (Wildman–Crippen LogP) is 2.67. The number of anilines is 4. The van der Waals surface area contributed by atoms with Crippen molar-refractivity contribution in [2.24, 2.45) is 0 Å². The Bertz CT molecular complexity index is 1090. The third-order valence-corrected chi connectivity index (χ3v) is 5.01. The first-order chi connectivity index (χ1) is 15.7. The first kappa shape index (κ1) is 21.5. The van der Waals surface area contributed by atoms with Crippen molar-refractivity contribution in [3.63, 3.8) is 0 Å². The fourth-order valence-electron chi connectivity index (χ4n) is 3.39. The molecular weight excluding hydrogens is 408 g/mol. The van der Waals surface area contributed by atoms with Gasteiger partial charge in [0.2, 0.25) is 5.95 Å². The molecule has 0 radical (unpaired) electrons. The van der Waals surface area contributed by atoms with Crippen LogP contribution in [0.1, 0.15) is 5.56 Å². The lowest BCUT2D eigenvalue weighted by Gasteiger charge is -2.27. The molecule has 4 rings (SSSR count). The molecule has 2 heterocycles. The number of ether oxygens (including phenoxy) is 2. The van der Waals surface area contributed by atoms with Crippen molar-refractivity contribution in [3.8, 4) is 17.0 Å². The average Bonchev–Trinajstić information content (AvgIpc) is 2.84. The molecule has 1 fully saturated rings. The number of nitrogen functional groups attached to an aromatic ring is 1. The van der Waals surface area contributed by atoms with Crippen LogP contribution in [0.15, 0.2) is 48.5 Å². The van der Waals surface area contributed by atoms with Gasteiger partial charge in [0.15, 0.2) is 0 Å². The smallest absolute Gasteiger partial charge is 0.228 e. The molecule has 0 unspecified atom stereocenters. The summed E-state index contributed by atoms with van der Waals surface area (Å²) in [6.45, 7) is 2.85. The zero-order valence-corrected chi connectivity index (χ0v) is 17.6. The molecule has 1 aromatic heterocycles. The molecule has 1 aliphatic rings.